The minimum absolute atomic E-state index is 0.271. The van der Waals surface area contributed by atoms with E-state index in [4.69, 9.17) is 0 Å². The Morgan fingerprint density at radius 2 is 1.91 bits per heavy atom. The standard InChI is InChI=1S/C13H14IN3O3S2/c1-8-11(21-13(15-8)17(2)22(3,19)20)12(18)16-10-6-4-9(14)5-7-10/h4-7H,1-3H3,(H,16,18). The van der Waals surface area contributed by atoms with E-state index in [-0.39, 0.29) is 11.0 Å². The molecular formula is C13H14IN3O3S2. The molecule has 0 fully saturated rings. The first-order valence-electron chi connectivity index (χ1n) is 6.16. The van der Waals surface area contributed by atoms with Crippen LogP contribution in [0.2, 0.25) is 0 Å². The first-order valence-corrected chi connectivity index (χ1v) is 9.91. The SMILES string of the molecule is Cc1nc(N(C)S(C)(=O)=O)sc1C(=O)Nc1ccc(I)cc1. The largest absolute Gasteiger partial charge is 0.321 e. The molecule has 1 heterocycles. The minimum atomic E-state index is -3.40. The molecular weight excluding hydrogens is 437 g/mol. The van der Waals surface area contributed by atoms with Crippen molar-refractivity contribution < 1.29 is 13.2 Å². The van der Waals surface area contributed by atoms with Crippen molar-refractivity contribution in [2.24, 2.45) is 0 Å². The van der Waals surface area contributed by atoms with E-state index in [0.717, 1.165) is 25.5 Å². The van der Waals surface area contributed by atoms with E-state index < -0.39 is 10.0 Å². The highest BCUT2D eigenvalue weighted by Gasteiger charge is 2.21. The van der Waals surface area contributed by atoms with Crippen molar-refractivity contribution in [1.82, 2.24) is 4.98 Å². The van der Waals surface area contributed by atoms with Gasteiger partial charge in [0.2, 0.25) is 10.0 Å². The van der Waals surface area contributed by atoms with Gasteiger partial charge in [-0.1, -0.05) is 11.3 Å². The van der Waals surface area contributed by atoms with Gasteiger partial charge >= 0.3 is 0 Å². The van der Waals surface area contributed by atoms with Crippen molar-refractivity contribution in [1.29, 1.82) is 0 Å². The van der Waals surface area contributed by atoms with Crippen LogP contribution in [0.1, 0.15) is 15.4 Å². The van der Waals surface area contributed by atoms with Gasteiger partial charge in [-0.05, 0) is 53.8 Å². The number of rotatable bonds is 4. The van der Waals surface area contributed by atoms with Gasteiger partial charge in [0.15, 0.2) is 5.13 Å². The molecule has 0 bridgehead atoms. The molecule has 0 unspecified atom stereocenters. The maximum Gasteiger partial charge on any atom is 0.267 e. The number of aromatic nitrogens is 1. The smallest absolute Gasteiger partial charge is 0.267 e. The van der Waals surface area contributed by atoms with E-state index >= 15 is 0 Å². The Labute approximate surface area is 146 Å². The molecule has 1 aromatic carbocycles. The highest BCUT2D eigenvalue weighted by molar-refractivity contribution is 14.1. The van der Waals surface area contributed by atoms with E-state index in [2.05, 4.69) is 32.9 Å². The fraction of sp³-hybridized carbons (Fsp3) is 0.231. The number of halogens is 1. The van der Waals surface area contributed by atoms with E-state index in [9.17, 15) is 13.2 Å². The highest BCUT2D eigenvalue weighted by atomic mass is 127. The van der Waals surface area contributed by atoms with E-state index in [1.54, 1.807) is 19.1 Å². The Morgan fingerprint density at radius 1 is 1.32 bits per heavy atom. The number of anilines is 2. The predicted molar refractivity (Wildman–Crippen MR) is 97.2 cm³/mol. The molecule has 0 atom stereocenters. The topological polar surface area (TPSA) is 79.4 Å². The maximum absolute atomic E-state index is 12.3. The van der Waals surface area contributed by atoms with E-state index in [0.29, 0.717) is 16.3 Å². The van der Waals surface area contributed by atoms with Crippen molar-refractivity contribution in [2.75, 3.05) is 22.9 Å². The summed E-state index contributed by atoms with van der Waals surface area (Å²) in [6.45, 7) is 1.68. The molecule has 0 saturated heterocycles. The Balaban J connectivity index is 2.24. The average molecular weight is 451 g/mol. The first-order chi connectivity index (χ1) is 10.2. The molecule has 118 valence electrons. The summed E-state index contributed by atoms with van der Waals surface area (Å²) in [6, 6.07) is 7.39. The lowest BCUT2D eigenvalue weighted by Gasteiger charge is -2.11. The van der Waals surface area contributed by atoms with Crippen LogP contribution in [0, 0.1) is 10.5 Å². The molecule has 0 aliphatic carbocycles. The number of carbonyl (C=O) groups excluding carboxylic acids is 1. The molecule has 0 aliphatic heterocycles. The van der Waals surface area contributed by atoms with Crippen LogP contribution in [0.15, 0.2) is 24.3 Å². The zero-order valence-corrected chi connectivity index (χ0v) is 15.9. The summed E-state index contributed by atoms with van der Waals surface area (Å²) in [6.07, 6.45) is 1.09. The van der Waals surface area contributed by atoms with Crippen LogP contribution in [0.3, 0.4) is 0 Å². The number of amides is 1. The number of thiazole rings is 1. The van der Waals surface area contributed by atoms with Gasteiger partial charge in [0.25, 0.3) is 5.91 Å². The fourth-order valence-electron chi connectivity index (χ4n) is 1.59. The summed E-state index contributed by atoms with van der Waals surface area (Å²) >= 11 is 3.23. The number of carbonyl (C=O) groups is 1. The van der Waals surface area contributed by atoms with E-state index in [1.165, 1.54) is 7.05 Å². The second-order valence-electron chi connectivity index (χ2n) is 4.60. The Bertz CT molecular complexity index is 800. The molecule has 9 heteroatoms. The number of hydrogen-bond donors (Lipinski definition) is 1. The first kappa shape index (κ1) is 17.2. The highest BCUT2D eigenvalue weighted by Crippen LogP contribution is 2.27. The van der Waals surface area contributed by atoms with Crippen LogP contribution in [0.25, 0.3) is 0 Å². The molecule has 6 nitrogen and oxygen atoms in total. The van der Waals surface area contributed by atoms with Crippen molar-refractivity contribution in [2.45, 2.75) is 6.92 Å². The van der Waals surface area contributed by atoms with Gasteiger partial charge in [-0.15, -0.1) is 0 Å². The number of hydrogen-bond acceptors (Lipinski definition) is 5. The van der Waals surface area contributed by atoms with Gasteiger partial charge in [0.05, 0.1) is 11.9 Å². The van der Waals surface area contributed by atoms with Gasteiger partial charge in [-0.2, -0.15) is 0 Å². The molecule has 0 saturated carbocycles. The van der Waals surface area contributed by atoms with Crippen molar-refractivity contribution in [3.8, 4) is 0 Å². The summed E-state index contributed by atoms with van der Waals surface area (Å²) in [5.41, 5.74) is 1.18. The fourth-order valence-corrected chi connectivity index (χ4v) is 3.62. The lowest BCUT2D eigenvalue weighted by atomic mass is 10.3. The van der Waals surface area contributed by atoms with Crippen LogP contribution >= 0.6 is 33.9 Å². The second-order valence-corrected chi connectivity index (χ2v) is 8.84. The van der Waals surface area contributed by atoms with Crippen LogP contribution in [-0.4, -0.2) is 32.6 Å². The van der Waals surface area contributed by atoms with Crippen LogP contribution in [0.5, 0.6) is 0 Å². The van der Waals surface area contributed by atoms with E-state index in [1.807, 2.05) is 12.1 Å². The quantitative estimate of drug-likeness (QED) is 0.726. The average Bonchev–Trinajstić information content (AvgIpc) is 2.81. The third-order valence-corrected chi connectivity index (χ3v) is 6.10. The van der Waals surface area contributed by atoms with Crippen LogP contribution < -0.4 is 9.62 Å². The second kappa shape index (κ2) is 6.50. The van der Waals surface area contributed by atoms with Gasteiger partial charge in [0.1, 0.15) is 4.88 Å². The third kappa shape index (κ3) is 3.96. The normalized spacial score (nSPS) is 11.3. The molecule has 0 radical (unpaired) electrons. The van der Waals surface area contributed by atoms with Crippen molar-refractivity contribution in [3.63, 3.8) is 0 Å². The Kier molecular flexibility index (Phi) is 5.07. The van der Waals surface area contributed by atoms with Crippen molar-refractivity contribution >= 4 is 60.7 Å². The number of sulfonamides is 1. The predicted octanol–water partition coefficient (Wildman–Crippen LogP) is 2.70. The zero-order chi connectivity index (χ0) is 16.5. The molecule has 1 N–H and O–H groups in total. The minimum Gasteiger partial charge on any atom is -0.321 e. The van der Waals surface area contributed by atoms with Gasteiger partial charge < -0.3 is 5.32 Å². The summed E-state index contributed by atoms with van der Waals surface area (Å²) < 4.78 is 25.2. The number of benzene rings is 1. The van der Waals surface area contributed by atoms with Gasteiger partial charge in [0, 0.05) is 16.3 Å². The van der Waals surface area contributed by atoms with Crippen molar-refractivity contribution in [3.05, 3.63) is 38.4 Å². The third-order valence-electron chi connectivity index (χ3n) is 2.86. The van der Waals surface area contributed by atoms with Gasteiger partial charge in [-0.3, -0.25) is 4.79 Å². The lowest BCUT2D eigenvalue weighted by Crippen LogP contribution is -2.24. The van der Waals surface area contributed by atoms with Crippen LogP contribution in [-0.2, 0) is 10.0 Å². The maximum atomic E-state index is 12.3. The number of nitrogens with zero attached hydrogens (tertiary/aromatic N) is 2. The molecule has 2 rings (SSSR count). The Morgan fingerprint density at radius 3 is 2.45 bits per heavy atom. The summed E-state index contributed by atoms with van der Waals surface area (Å²) in [4.78, 5) is 16.8. The monoisotopic (exact) mass is 451 g/mol. The summed E-state index contributed by atoms with van der Waals surface area (Å²) in [5, 5.41) is 3.05. The molecule has 22 heavy (non-hydrogen) atoms. The molecule has 2 aromatic rings. The lowest BCUT2D eigenvalue weighted by molar-refractivity contribution is 0.103. The molecule has 1 aromatic heterocycles. The molecule has 0 spiro atoms. The van der Waals surface area contributed by atoms with Gasteiger partial charge in [-0.25, -0.2) is 17.7 Å². The number of nitrogens with one attached hydrogen (secondary N) is 1. The molecule has 1 amide bonds. The molecule has 0 aliphatic rings. The number of aryl methyl sites for hydroxylation is 1. The summed E-state index contributed by atoms with van der Waals surface area (Å²) in [5.74, 6) is -0.302. The summed E-state index contributed by atoms with van der Waals surface area (Å²) in [7, 11) is -1.99. The Hall–Kier alpha value is -1.20. The van der Waals surface area contributed by atoms with Crippen LogP contribution in [0.4, 0.5) is 10.8 Å². The zero-order valence-electron chi connectivity index (χ0n) is 12.1.